The summed E-state index contributed by atoms with van der Waals surface area (Å²) in [5.41, 5.74) is 9.45. The number of furan rings is 1. The zero-order valence-electron chi connectivity index (χ0n) is 13.1. The Morgan fingerprint density at radius 2 is 2.14 bits per heavy atom. The van der Waals surface area contributed by atoms with Crippen molar-refractivity contribution in [1.82, 2.24) is 14.7 Å². The van der Waals surface area contributed by atoms with E-state index in [-0.39, 0.29) is 0 Å². The SMILES string of the molecule is Cc1nn(CC(O)CN(C)Cc2ccoc2C)c(C)c1N. The van der Waals surface area contributed by atoms with E-state index in [1.807, 2.05) is 33.9 Å². The molecule has 0 aliphatic carbocycles. The van der Waals surface area contributed by atoms with Gasteiger partial charge in [-0.1, -0.05) is 0 Å². The van der Waals surface area contributed by atoms with Crippen LogP contribution < -0.4 is 5.73 Å². The van der Waals surface area contributed by atoms with Gasteiger partial charge in [0.05, 0.1) is 36.0 Å². The van der Waals surface area contributed by atoms with Crippen molar-refractivity contribution in [2.24, 2.45) is 0 Å². The number of nitrogen functional groups attached to an aromatic ring is 1. The molecular formula is C15H24N4O2. The molecule has 0 spiro atoms. The first kappa shape index (κ1) is 15.6. The number of anilines is 1. The summed E-state index contributed by atoms with van der Waals surface area (Å²) in [5.74, 6) is 0.919. The van der Waals surface area contributed by atoms with Crippen molar-refractivity contribution < 1.29 is 9.52 Å². The molecule has 6 nitrogen and oxygen atoms in total. The highest BCUT2D eigenvalue weighted by Crippen LogP contribution is 2.15. The van der Waals surface area contributed by atoms with Crippen LogP contribution in [0.1, 0.15) is 22.7 Å². The molecule has 2 aromatic rings. The lowest BCUT2D eigenvalue weighted by Crippen LogP contribution is -2.32. The highest BCUT2D eigenvalue weighted by molar-refractivity contribution is 5.46. The number of nitrogens with two attached hydrogens (primary N) is 1. The van der Waals surface area contributed by atoms with Gasteiger partial charge in [-0.3, -0.25) is 9.58 Å². The Morgan fingerprint density at radius 1 is 1.43 bits per heavy atom. The fourth-order valence-corrected chi connectivity index (χ4v) is 2.44. The van der Waals surface area contributed by atoms with Crippen molar-refractivity contribution in [2.45, 2.75) is 40.0 Å². The molecule has 2 heterocycles. The van der Waals surface area contributed by atoms with Crippen molar-refractivity contribution >= 4 is 5.69 Å². The molecule has 1 atom stereocenters. The predicted octanol–water partition coefficient (Wildman–Crippen LogP) is 1.48. The van der Waals surface area contributed by atoms with E-state index in [0.29, 0.717) is 18.8 Å². The average molecular weight is 292 g/mol. The Hall–Kier alpha value is -1.79. The van der Waals surface area contributed by atoms with Gasteiger partial charge >= 0.3 is 0 Å². The minimum Gasteiger partial charge on any atom is -0.469 e. The maximum atomic E-state index is 10.2. The van der Waals surface area contributed by atoms with Crippen LogP contribution in [0.25, 0.3) is 0 Å². The van der Waals surface area contributed by atoms with Gasteiger partial charge in [-0.15, -0.1) is 0 Å². The van der Waals surface area contributed by atoms with Crippen LogP contribution in [0.5, 0.6) is 0 Å². The molecule has 6 heteroatoms. The fraction of sp³-hybridized carbons (Fsp3) is 0.533. The summed E-state index contributed by atoms with van der Waals surface area (Å²) >= 11 is 0. The molecule has 3 N–H and O–H groups in total. The van der Waals surface area contributed by atoms with Gasteiger partial charge < -0.3 is 15.3 Å². The summed E-state index contributed by atoms with van der Waals surface area (Å²) in [6.07, 6.45) is 1.19. The minimum atomic E-state index is -0.500. The molecule has 2 rings (SSSR count). The van der Waals surface area contributed by atoms with Crippen molar-refractivity contribution in [2.75, 3.05) is 19.3 Å². The summed E-state index contributed by atoms with van der Waals surface area (Å²) in [7, 11) is 1.98. The summed E-state index contributed by atoms with van der Waals surface area (Å²) < 4.78 is 7.05. The number of aliphatic hydroxyl groups is 1. The van der Waals surface area contributed by atoms with Gasteiger partial charge in [0, 0.05) is 18.7 Å². The normalized spacial score (nSPS) is 13.0. The van der Waals surface area contributed by atoms with Crippen LogP contribution in [-0.2, 0) is 13.1 Å². The van der Waals surface area contributed by atoms with Crippen molar-refractivity contribution in [3.05, 3.63) is 35.0 Å². The molecular weight excluding hydrogens is 268 g/mol. The van der Waals surface area contributed by atoms with Crippen LogP contribution in [0.3, 0.4) is 0 Å². The maximum Gasteiger partial charge on any atom is 0.105 e. The van der Waals surface area contributed by atoms with Crippen LogP contribution >= 0.6 is 0 Å². The first-order valence-electron chi connectivity index (χ1n) is 7.07. The zero-order valence-corrected chi connectivity index (χ0v) is 13.1. The molecule has 0 aliphatic heterocycles. The summed E-state index contributed by atoms with van der Waals surface area (Å²) in [6, 6.07) is 1.96. The molecule has 0 saturated carbocycles. The van der Waals surface area contributed by atoms with E-state index in [0.717, 1.165) is 29.3 Å². The number of hydrogen-bond donors (Lipinski definition) is 2. The maximum absolute atomic E-state index is 10.2. The third-order valence-electron chi connectivity index (χ3n) is 3.75. The number of nitrogens with zero attached hydrogens (tertiary/aromatic N) is 3. The average Bonchev–Trinajstić information content (AvgIpc) is 2.90. The Balaban J connectivity index is 1.90. The fourth-order valence-electron chi connectivity index (χ4n) is 2.44. The Labute approximate surface area is 125 Å². The van der Waals surface area contributed by atoms with Gasteiger partial charge in [0.2, 0.25) is 0 Å². The minimum absolute atomic E-state index is 0.443. The molecule has 0 saturated heterocycles. The van der Waals surface area contributed by atoms with Crippen LogP contribution in [0, 0.1) is 20.8 Å². The van der Waals surface area contributed by atoms with E-state index in [1.165, 1.54) is 0 Å². The van der Waals surface area contributed by atoms with Crippen LogP contribution in [0.4, 0.5) is 5.69 Å². The molecule has 0 amide bonds. The van der Waals surface area contributed by atoms with Gasteiger partial charge in [-0.25, -0.2) is 0 Å². The lowest BCUT2D eigenvalue weighted by Gasteiger charge is -2.20. The molecule has 0 aromatic carbocycles. The zero-order chi connectivity index (χ0) is 15.6. The predicted molar refractivity (Wildman–Crippen MR) is 81.9 cm³/mol. The van der Waals surface area contributed by atoms with Gasteiger partial charge in [0.1, 0.15) is 5.76 Å². The molecule has 2 aromatic heterocycles. The first-order valence-corrected chi connectivity index (χ1v) is 7.07. The number of aliphatic hydroxyl groups excluding tert-OH is 1. The van der Waals surface area contributed by atoms with Gasteiger partial charge in [0.25, 0.3) is 0 Å². The topological polar surface area (TPSA) is 80.5 Å². The highest BCUT2D eigenvalue weighted by Gasteiger charge is 2.15. The lowest BCUT2D eigenvalue weighted by atomic mass is 10.2. The standard InChI is InChI=1S/C15H24N4O2/c1-10-15(16)11(2)19(17-10)9-14(20)8-18(4)7-13-5-6-21-12(13)3/h5-6,14,20H,7-9,16H2,1-4H3. The Morgan fingerprint density at radius 3 is 2.67 bits per heavy atom. The highest BCUT2D eigenvalue weighted by atomic mass is 16.3. The van der Waals surface area contributed by atoms with Gasteiger partial charge in [-0.05, 0) is 33.9 Å². The first-order chi connectivity index (χ1) is 9.88. The lowest BCUT2D eigenvalue weighted by molar-refractivity contribution is 0.103. The molecule has 0 radical (unpaired) electrons. The second kappa shape index (κ2) is 6.32. The van der Waals surface area contributed by atoms with Crippen molar-refractivity contribution in [3.8, 4) is 0 Å². The number of hydrogen-bond acceptors (Lipinski definition) is 5. The smallest absolute Gasteiger partial charge is 0.105 e. The van der Waals surface area contributed by atoms with E-state index < -0.39 is 6.10 Å². The molecule has 21 heavy (non-hydrogen) atoms. The summed E-state index contributed by atoms with van der Waals surface area (Å²) in [6.45, 7) is 7.48. The number of rotatable bonds is 6. The van der Waals surface area contributed by atoms with Crippen molar-refractivity contribution in [3.63, 3.8) is 0 Å². The van der Waals surface area contributed by atoms with E-state index in [4.69, 9.17) is 10.2 Å². The largest absolute Gasteiger partial charge is 0.469 e. The molecule has 1 unspecified atom stereocenters. The summed E-state index contributed by atoms with van der Waals surface area (Å²) in [5, 5.41) is 14.6. The third kappa shape index (κ3) is 3.65. The number of aryl methyl sites for hydroxylation is 2. The number of aromatic nitrogens is 2. The van der Waals surface area contributed by atoms with E-state index in [2.05, 4.69) is 10.00 Å². The quantitative estimate of drug-likeness (QED) is 0.843. The monoisotopic (exact) mass is 292 g/mol. The van der Waals surface area contributed by atoms with Gasteiger partial charge in [0.15, 0.2) is 0 Å². The van der Waals surface area contributed by atoms with Gasteiger partial charge in [-0.2, -0.15) is 5.10 Å². The summed E-state index contributed by atoms with van der Waals surface area (Å²) in [4.78, 5) is 2.07. The van der Waals surface area contributed by atoms with E-state index >= 15 is 0 Å². The second-order valence-corrected chi connectivity index (χ2v) is 5.62. The van der Waals surface area contributed by atoms with Crippen LogP contribution in [0.15, 0.2) is 16.7 Å². The van der Waals surface area contributed by atoms with E-state index in [9.17, 15) is 5.11 Å². The Kier molecular flexibility index (Phi) is 4.69. The third-order valence-corrected chi connectivity index (χ3v) is 3.75. The Bertz CT molecular complexity index is 603. The molecule has 116 valence electrons. The van der Waals surface area contributed by atoms with Crippen LogP contribution in [0.2, 0.25) is 0 Å². The molecule has 0 bridgehead atoms. The second-order valence-electron chi connectivity index (χ2n) is 5.62. The number of likely N-dealkylation sites (N-methyl/N-ethyl adjacent to an activating group) is 1. The van der Waals surface area contributed by atoms with Crippen LogP contribution in [-0.4, -0.2) is 39.5 Å². The molecule has 0 fully saturated rings. The van der Waals surface area contributed by atoms with E-state index in [1.54, 1.807) is 10.9 Å². The van der Waals surface area contributed by atoms with Crippen molar-refractivity contribution in [1.29, 1.82) is 0 Å². The molecule has 0 aliphatic rings.